The molecule has 1 aliphatic heterocycles. The number of carbonyl (C=O) groups is 2. The van der Waals surface area contributed by atoms with Crippen molar-refractivity contribution in [3.8, 4) is 0 Å². The number of piperidine rings is 1. The molecule has 1 aromatic carbocycles. The van der Waals surface area contributed by atoms with Crippen molar-refractivity contribution in [3.63, 3.8) is 0 Å². The number of imidazole rings is 1. The van der Waals surface area contributed by atoms with Crippen LogP contribution in [0.3, 0.4) is 0 Å². The number of methoxy groups -OCH3 is 1. The second-order valence-electron chi connectivity index (χ2n) is 9.62. The van der Waals surface area contributed by atoms with Crippen molar-refractivity contribution in [3.05, 3.63) is 45.9 Å². The van der Waals surface area contributed by atoms with Gasteiger partial charge in [-0.3, -0.25) is 9.59 Å². The summed E-state index contributed by atoms with van der Waals surface area (Å²) in [5.74, 6) is 1.21. The molecule has 2 amide bonds. The average Bonchev–Trinajstić information content (AvgIpc) is 3.46. The summed E-state index contributed by atoms with van der Waals surface area (Å²) < 4.78 is 7.00. The fraction of sp³-hybridized carbons (Fsp3) is 0.500. The zero-order chi connectivity index (χ0) is 24.5. The third kappa shape index (κ3) is 4.72. The summed E-state index contributed by atoms with van der Waals surface area (Å²) in [7, 11) is 3.45. The summed E-state index contributed by atoms with van der Waals surface area (Å²) >= 11 is 1.57. The van der Waals surface area contributed by atoms with Gasteiger partial charge in [0.2, 0.25) is 5.91 Å². The Hall–Kier alpha value is -2.75. The third-order valence-electron chi connectivity index (χ3n) is 7.37. The van der Waals surface area contributed by atoms with Crippen molar-refractivity contribution >= 4 is 39.9 Å². The lowest BCUT2D eigenvalue weighted by atomic mass is 9.85. The van der Waals surface area contributed by atoms with E-state index in [1.54, 1.807) is 17.4 Å². The van der Waals surface area contributed by atoms with E-state index in [4.69, 9.17) is 9.72 Å². The van der Waals surface area contributed by atoms with Gasteiger partial charge in [-0.15, -0.1) is 11.3 Å². The second kappa shape index (κ2) is 10.1. The first-order valence-corrected chi connectivity index (χ1v) is 13.1. The smallest absolute Gasteiger partial charge is 0.256 e. The number of aromatic nitrogens is 2. The number of likely N-dealkylation sites (tertiary alicyclic amines) is 1. The molecule has 3 aromatic rings. The van der Waals surface area contributed by atoms with Crippen LogP contribution in [0.2, 0.25) is 0 Å². The van der Waals surface area contributed by atoms with Gasteiger partial charge in [0, 0.05) is 43.7 Å². The number of aryl methyl sites for hydroxylation is 1. The molecule has 1 saturated carbocycles. The highest BCUT2D eigenvalue weighted by Gasteiger charge is 2.32. The highest BCUT2D eigenvalue weighted by molar-refractivity contribution is 7.10. The van der Waals surface area contributed by atoms with E-state index in [9.17, 15) is 14.7 Å². The minimum absolute atomic E-state index is 0.0586. The summed E-state index contributed by atoms with van der Waals surface area (Å²) in [5.41, 5.74) is 2.62. The van der Waals surface area contributed by atoms with Gasteiger partial charge >= 0.3 is 0 Å². The number of hydrogen-bond donors (Lipinski definition) is 2. The Labute approximate surface area is 208 Å². The molecule has 2 fully saturated rings. The number of amides is 2. The molecule has 0 radical (unpaired) electrons. The lowest BCUT2D eigenvalue weighted by Gasteiger charge is -2.34. The first kappa shape index (κ1) is 24.0. The third-order valence-corrected chi connectivity index (χ3v) is 8.31. The normalized spacial score (nSPS) is 18.0. The van der Waals surface area contributed by atoms with E-state index in [-0.39, 0.29) is 24.3 Å². The summed E-state index contributed by atoms with van der Waals surface area (Å²) in [6.45, 7) is 1.11. The van der Waals surface area contributed by atoms with E-state index in [0.29, 0.717) is 30.3 Å². The van der Waals surface area contributed by atoms with Gasteiger partial charge in [-0.1, -0.05) is 12.5 Å². The van der Waals surface area contributed by atoms with Crippen LogP contribution >= 0.6 is 11.3 Å². The second-order valence-corrected chi connectivity index (χ2v) is 10.6. The summed E-state index contributed by atoms with van der Waals surface area (Å²) in [4.78, 5) is 33.7. The molecule has 1 atom stereocenters. The molecule has 9 heteroatoms. The van der Waals surface area contributed by atoms with Crippen LogP contribution in [0.1, 0.15) is 65.2 Å². The number of rotatable bonds is 7. The number of nitrogens with zero attached hydrogens (tertiary/aromatic N) is 3. The number of anilines is 1. The van der Waals surface area contributed by atoms with Crippen LogP contribution in [0.5, 0.6) is 0 Å². The molecule has 8 nitrogen and oxygen atoms in total. The number of thiophene rings is 1. The maximum atomic E-state index is 13.8. The lowest BCUT2D eigenvalue weighted by molar-refractivity contribution is -0.119. The fourth-order valence-electron chi connectivity index (χ4n) is 5.25. The topological polar surface area (TPSA) is 96.7 Å². The molecule has 1 aliphatic carbocycles. The van der Waals surface area contributed by atoms with Crippen LogP contribution in [-0.4, -0.2) is 58.2 Å². The van der Waals surface area contributed by atoms with Crippen LogP contribution in [0.15, 0.2) is 29.6 Å². The molecule has 2 aromatic heterocycles. The maximum Gasteiger partial charge on any atom is 0.256 e. The summed E-state index contributed by atoms with van der Waals surface area (Å²) in [6, 6.07) is 7.52. The lowest BCUT2D eigenvalue weighted by Crippen LogP contribution is -2.40. The molecule has 35 heavy (non-hydrogen) atoms. The van der Waals surface area contributed by atoms with Gasteiger partial charge < -0.3 is 24.6 Å². The largest absolute Gasteiger partial charge is 0.387 e. The highest BCUT2D eigenvalue weighted by Crippen LogP contribution is 2.38. The number of aliphatic hydroxyl groups is 1. The predicted octanol–water partition coefficient (Wildman–Crippen LogP) is 4.07. The van der Waals surface area contributed by atoms with Crippen molar-refractivity contribution in [1.29, 1.82) is 0 Å². The first-order valence-electron chi connectivity index (χ1n) is 12.3. The molecular formula is C26H32N4O4S. The molecule has 5 rings (SSSR count). The SMILES string of the molecule is COCC(=O)Nc1cc(C(=O)N2CCC(C(O)c3cccs3)CC2)c2c(c1)nc(C1CCC1)n2C. The maximum absolute atomic E-state index is 13.8. The zero-order valence-electron chi connectivity index (χ0n) is 20.2. The molecule has 0 spiro atoms. The molecule has 1 saturated heterocycles. The van der Waals surface area contributed by atoms with Crippen LogP contribution in [0.4, 0.5) is 5.69 Å². The van der Waals surface area contributed by atoms with Crippen LogP contribution in [0, 0.1) is 5.92 Å². The quantitative estimate of drug-likeness (QED) is 0.514. The van der Waals surface area contributed by atoms with Gasteiger partial charge in [0.25, 0.3) is 5.91 Å². The van der Waals surface area contributed by atoms with E-state index >= 15 is 0 Å². The molecule has 3 heterocycles. The number of ether oxygens (including phenoxy) is 1. The molecular weight excluding hydrogens is 464 g/mol. The predicted molar refractivity (Wildman–Crippen MR) is 136 cm³/mol. The van der Waals surface area contributed by atoms with Gasteiger partial charge in [0.15, 0.2) is 0 Å². The first-order chi connectivity index (χ1) is 17.0. The number of hydrogen-bond acceptors (Lipinski definition) is 6. The number of benzene rings is 1. The van der Waals surface area contributed by atoms with Crippen molar-refractivity contribution in [2.75, 3.05) is 32.1 Å². The van der Waals surface area contributed by atoms with Crippen molar-refractivity contribution in [1.82, 2.24) is 14.5 Å². The summed E-state index contributed by atoms with van der Waals surface area (Å²) in [6.07, 6.45) is 4.42. The Morgan fingerprint density at radius 2 is 2.03 bits per heavy atom. The van der Waals surface area contributed by atoms with Gasteiger partial charge in [-0.25, -0.2) is 4.98 Å². The average molecular weight is 497 g/mol. The number of nitrogens with one attached hydrogen (secondary N) is 1. The zero-order valence-corrected chi connectivity index (χ0v) is 21.0. The Kier molecular flexibility index (Phi) is 6.91. The van der Waals surface area contributed by atoms with Crippen LogP contribution in [-0.2, 0) is 16.6 Å². The fourth-order valence-corrected chi connectivity index (χ4v) is 6.05. The van der Waals surface area contributed by atoms with E-state index in [1.165, 1.54) is 13.5 Å². The highest BCUT2D eigenvalue weighted by atomic mass is 32.1. The molecule has 1 unspecified atom stereocenters. The van der Waals surface area contributed by atoms with E-state index < -0.39 is 6.10 Å². The van der Waals surface area contributed by atoms with Gasteiger partial charge in [0.1, 0.15) is 12.4 Å². The number of fused-ring (bicyclic) bond motifs is 1. The Bertz CT molecular complexity index is 1210. The van der Waals surface area contributed by atoms with E-state index in [0.717, 1.165) is 47.4 Å². The van der Waals surface area contributed by atoms with E-state index in [1.807, 2.05) is 35.5 Å². The van der Waals surface area contributed by atoms with Crippen molar-refractivity contribution < 1.29 is 19.4 Å². The van der Waals surface area contributed by atoms with E-state index in [2.05, 4.69) is 9.88 Å². The van der Waals surface area contributed by atoms with Gasteiger partial charge in [0.05, 0.1) is 22.7 Å². The molecule has 2 aliphatic rings. The molecule has 2 N–H and O–H groups in total. The molecule has 0 bridgehead atoms. The Balaban J connectivity index is 1.42. The van der Waals surface area contributed by atoms with Crippen LogP contribution < -0.4 is 5.32 Å². The summed E-state index contributed by atoms with van der Waals surface area (Å²) in [5, 5.41) is 15.6. The standard InChI is InChI=1S/C26H32N4O4S/c1-29-23-19(26(33)30-10-8-16(9-11-30)24(32)21-7-4-12-35-21)13-18(27-22(31)15-34-2)14-20(23)28-25(29)17-5-3-6-17/h4,7,12-14,16-17,24,32H,3,5-6,8-11,15H2,1-2H3,(H,27,31). The van der Waals surface area contributed by atoms with Gasteiger partial charge in [-0.2, -0.15) is 0 Å². The monoisotopic (exact) mass is 496 g/mol. The van der Waals surface area contributed by atoms with Gasteiger partial charge in [-0.05, 0) is 55.2 Å². The van der Waals surface area contributed by atoms with Crippen molar-refractivity contribution in [2.24, 2.45) is 13.0 Å². The van der Waals surface area contributed by atoms with Crippen LogP contribution in [0.25, 0.3) is 11.0 Å². The van der Waals surface area contributed by atoms with Crippen molar-refractivity contribution in [2.45, 2.75) is 44.1 Å². The number of aliphatic hydroxyl groups excluding tert-OH is 1. The molecule has 186 valence electrons. The number of carbonyl (C=O) groups excluding carboxylic acids is 2. The Morgan fingerprint density at radius 1 is 1.26 bits per heavy atom. The minimum Gasteiger partial charge on any atom is -0.387 e. The Morgan fingerprint density at radius 3 is 2.66 bits per heavy atom. The minimum atomic E-state index is -0.486.